The number of nitrogens with zero attached hydrogens (tertiary/aromatic N) is 3. The van der Waals surface area contributed by atoms with Crippen molar-refractivity contribution in [3.8, 4) is 0 Å². The van der Waals surface area contributed by atoms with Gasteiger partial charge in [-0.25, -0.2) is 10.4 Å². The molecule has 5 heteroatoms. The van der Waals surface area contributed by atoms with Gasteiger partial charge in [0.2, 0.25) is 0 Å². The van der Waals surface area contributed by atoms with Crippen LogP contribution in [0.3, 0.4) is 0 Å². The Balaban J connectivity index is 2.40. The predicted molar refractivity (Wildman–Crippen MR) is 82.0 cm³/mol. The van der Waals surface area contributed by atoms with E-state index in [1.807, 2.05) is 12.4 Å². The molecule has 20 heavy (non-hydrogen) atoms. The molecule has 0 bridgehead atoms. The van der Waals surface area contributed by atoms with Crippen LogP contribution in [0.15, 0.2) is 12.4 Å². The molecule has 0 spiro atoms. The Morgan fingerprint density at radius 2 is 2.35 bits per heavy atom. The molecule has 0 aliphatic heterocycles. The number of hydrogen-bond donors (Lipinski definition) is 2. The van der Waals surface area contributed by atoms with Crippen LogP contribution < -0.4 is 11.3 Å². The molecule has 0 saturated heterocycles. The summed E-state index contributed by atoms with van der Waals surface area (Å²) in [7, 11) is 4.34. The lowest BCUT2D eigenvalue weighted by molar-refractivity contribution is 0.0325. The molecule has 1 fully saturated rings. The van der Waals surface area contributed by atoms with Crippen LogP contribution in [0.25, 0.3) is 0 Å². The lowest BCUT2D eigenvalue weighted by Gasteiger charge is -2.49. The molecule has 0 aromatic carbocycles. The average Bonchev–Trinajstić information content (AvgIpc) is 2.87. The van der Waals surface area contributed by atoms with Gasteiger partial charge in [-0.05, 0) is 39.8 Å². The van der Waals surface area contributed by atoms with Crippen molar-refractivity contribution < 1.29 is 0 Å². The van der Waals surface area contributed by atoms with Crippen molar-refractivity contribution in [2.45, 2.75) is 57.7 Å². The highest BCUT2D eigenvalue weighted by molar-refractivity contribution is 5.12. The van der Waals surface area contributed by atoms with E-state index in [0.717, 1.165) is 31.1 Å². The summed E-state index contributed by atoms with van der Waals surface area (Å²) in [4.78, 5) is 6.93. The Labute approximate surface area is 122 Å². The molecule has 1 aliphatic carbocycles. The minimum atomic E-state index is 0.0463. The molecule has 0 radical (unpaired) electrons. The van der Waals surface area contributed by atoms with E-state index in [1.54, 1.807) is 0 Å². The molecule has 2 rings (SSSR count). The maximum Gasteiger partial charge on any atom is 0.129 e. The highest BCUT2D eigenvalue weighted by atomic mass is 15.3. The molecular weight excluding hydrogens is 250 g/mol. The second-order valence-electron chi connectivity index (χ2n) is 6.37. The predicted octanol–water partition coefficient (Wildman–Crippen LogP) is 1.92. The smallest absolute Gasteiger partial charge is 0.129 e. The van der Waals surface area contributed by atoms with Gasteiger partial charge in [-0.2, -0.15) is 0 Å². The van der Waals surface area contributed by atoms with E-state index in [4.69, 9.17) is 5.84 Å². The number of likely N-dealkylation sites (N-methyl/N-ethyl adjacent to an activating group) is 1. The second-order valence-corrected chi connectivity index (χ2v) is 6.37. The molecule has 114 valence electrons. The average molecular weight is 279 g/mol. The molecule has 1 aromatic rings. The summed E-state index contributed by atoms with van der Waals surface area (Å²) < 4.78 is 2.19. The van der Waals surface area contributed by atoms with Crippen LogP contribution >= 0.6 is 0 Å². The van der Waals surface area contributed by atoms with E-state index in [0.29, 0.717) is 0 Å². The minimum Gasteiger partial charge on any atom is -0.334 e. The normalized spacial score (nSPS) is 28.8. The number of nitrogens with two attached hydrogens (primary N) is 1. The van der Waals surface area contributed by atoms with Gasteiger partial charge in [-0.1, -0.05) is 19.8 Å². The Morgan fingerprint density at radius 3 is 2.90 bits per heavy atom. The van der Waals surface area contributed by atoms with Crippen LogP contribution in [0, 0.1) is 5.92 Å². The second kappa shape index (κ2) is 6.24. The number of imidazole rings is 1. The van der Waals surface area contributed by atoms with E-state index in [9.17, 15) is 0 Å². The molecule has 1 aliphatic rings. The zero-order valence-electron chi connectivity index (χ0n) is 13.3. The largest absolute Gasteiger partial charge is 0.334 e. The molecule has 1 heterocycles. The molecule has 5 nitrogen and oxygen atoms in total. The van der Waals surface area contributed by atoms with E-state index in [-0.39, 0.29) is 11.6 Å². The molecule has 3 N–H and O–H groups in total. The van der Waals surface area contributed by atoms with Crippen LogP contribution in [0.1, 0.15) is 51.4 Å². The summed E-state index contributed by atoms with van der Waals surface area (Å²) in [5.74, 6) is 7.74. The van der Waals surface area contributed by atoms with Crippen molar-refractivity contribution in [2.75, 3.05) is 14.1 Å². The summed E-state index contributed by atoms with van der Waals surface area (Å²) >= 11 is 0. The summed E-state index contributed by atoms with van der Waals surface area (Å²) in [6.07, 6.45) is 8.80. The van der Waals surface area contributed by atoms with Gasteiger partial charge >= 0.3 is 0 Å². The first-order valence-electron chi connectivity index (χ1n) is 7.69. The molecule has 0 amide bonds. The number of hydrazine groups is 1. The Morgan fingerprint density at radius 1 is 1.60 bits per heavy atom. The lowest BCUT2D eigenvalue weighted by atomic mass is 9.71. The van der Waals surface area contributed by atoms with Gasteiger partial charge in [0.05, 0.1) is 6.04 Å². The minimum absolute atomic E-state index is 0.0463. The van der Waals surface area contributed by atoms with Gasteiger partial charge < -0.3 is 9.47 Å². The SMILES string of the molecule is CCn1ccnc1C(NN)C1(N(C)C)CCCC(C)C1. The number of rotatable bonds is 5. The van der Waals surface area contributed by atoms with Crippen LogP contribution in [0.2, 0.25) is 0 Å². The molecule has 1 saturated carbocycles. The standard InChI is InChI=1S/C15H29N5/c1-5-20-10-9-17-14(20)13(18-16)15(19(3)4)8-6-7-12(2)11-15/h9-10,12-13,18H,5-8,11,16H2,1-4H3. The summed E-state index contributed by atoms with van der Waals surface area (Å²) in [6.45, 7) is 5.41. The first kappa shape index (κ1) is 15.5. The topological polar surface area (TPSA) is 59.1 Å². The quantitative estimate of drug-likeness (QED) is 0.638. The maximum atomic E-state index is 5.96. The fourth-order valence-corrected chi connectivity index (χ4v) is 3.81. The summed E-state index contributed by atoms with van der Waals surface area (Å²) in [5.41, 5.74) is 3.11. The van der Waals surface area contributed by atoms with Gasteiger partial charge in [0, 0.05) is 24.5 Å². The van der Waals surface area contributed by atoms with Gasteiger partial charge in [0.15, 0.2) is 0 Å². The number of hydrogen-bond acceptors (Lipinski definition) is 4. The van der Waals surface area contributed by atoms with Crippen molar-refractivity contribution in [3.05, 3.63) is 18.2 Å². The van der Waals surface area contributed by atoms with E-state index in [1.165, 1.54) is 12.8 Å². The zero-order valence-corrected chi connectivity index (χ0v) is 13.3. The van der Waals surface area contributed by atoms with Gasteiger partial charge in [0.1, 0.15) is 5.82 Å². The van der Waals surface area contributed by atoms with Gasteiger partial charge in [0.25, 0.3) is 0 Å². The highest BCUT2D eigenvalue weighted by Gasteiger charge is 2.45. The Bertz CT molecular complexity index is 428. The fourth-order valence-electron chi connectivity index (χ4n) is 3.81. The first-order valence-corrected chi connectivity index (χ1v) is 7.69. The van der Waals surface area contributed by atoms with Crippen molar-refractivity contribution in [2.24, 2.45) is 11.8 Å². The van der Waals surface area contributed by atoms with Crippen LogP contribution in [0.4, 0.5) is 0 Å². The fraction of sp³-hybridized carbons (Fsp3) is 0.800. The van der Waals surface area contributed by atoms with E-state index < -0.39 is 0 Å². The summed E-state index contributed by atoms with van der Waals surface area (Å²) in [5, 5.41) is 0. The Kier molecular flexibility index (Phi) is 4.83. The third kappa shape index (κ3) is 2.62. The summed E-state index contributed by atoms with van der Waals surface area (Å²) in [6, 6.07) is 0.0650. The van der Waals surface area contributed by atoms with E-state index in [2.05, 4.69) is 47.8 Å². The third-order valence-corrected chi connectivity index (χ3v) is 4.95. The van der Waals surface area contributed by atoms with Gasteiger partial charge in [-0.15, -0.1) is 0 Å². The van der Waals surface area contributed by atoms with Crippen LogP contribution in [0.5, 0.6) is 0 Å². The van der Waals surface area contributed by atoms with Crippen molar-refractivity contribution >= 4 is 0 Å². The van der Waals surface area contributed by atoms with E-state index >= 15 is 0 Å². The van der Waals surface area contributed by atoms with Crippen molar-refractivity contribution in [1.82, 2.24) is 19.9 Å². The third-order valence-electron chi connectivity index (χ3n) is 4.95. The Hall–Kier alpha value is -0.910. The number of aromatic nitrogens is 2. The molecule has 3 unspecified atom stereocenters. The van der Waals surface area contributed by atoms with Crippen LogP contribution in [-0.2, 0) is 6.54 Å². The molecular formula is C15H29N5. The van der Waals surface area contributed by atoms with Crippen LogP contribution in [-0.4, -0.2) is 34.1 Å². The number of aryl methyl sites for hydroxylation is 1. The molecule has 1 aromatic heterocycles. The lowest BCUT2D eigenvalue weighted by Crippen LogP contribution is -2.58. The zero-order chi connectivity index (χ0) is 14.8. The molecule has 3 atom stereocenters. The van der Waals surface area contributed by atoms with Crippen molar-refractivity contribution in [3.63, 3.8) is 0 Å². The monoisotopic (exact) mass is 279 g/mol. The first-order chi connectivity index (χ1) is 9.55. The highest BCUT2D eigenvalue weighted by Crippen LogP contribution is 2.43. The van der Waals surface area contributed by atoms with Crippen molar-refractivity contribution in [1.29, 1.82) is 0 Å². The number of nitrogens with one attached hydrogen (secondary N) is 1. The van der Waals surface area contributed by atoms with Gasteiger partial charge in [-0.3, -0.25) is 5.84 Å². The maximum absolute atomic E-state index is 5.96.